The molecule has 1 rings (SSSR count). The van der Waals surface area contributed by atoms with Gasteiger partial charge in [-0.05, 0) is 12.8 Å². The average Bonchev–Trinajstić information content (AvgIpc) is 2.69. The van der Waals surface area contributed by atoms with E-state index in [1.54, 1.807) is 11.7 Å². The molecule has 1 aromatic heterocycles. The number of carbonyl (C=O) groups is 1. The van der Waals surface area contributed by atoms with Gasteiger partial charge < -0.3 is 5.32 Å². The molecule has 0 saturated carbocycles. The van der Waals surface area contributed by atoms with Gasteiger partial charge >= 0.3 is 0 Å². The van der Waals surface area contributed by atoms with Crippen molar-refractivity contribution in [1.29, 1.82) is 0 Å². The van der Waals surface area contributed by atoms with E-state index in [1.165, 1.54) is 11.3 Å². The smallest absolute Gasteiger partial charge is 0.263 e. The summed E-state index contributed by atoms with van der Waals surface area (Å²) in [4.78, 5) is 16.1. The van der Waals surface area contributed by atoms with Crippen LogP contribution in [-0.2, 0) is 0 Å². The quantitative estimate of drug-likeness (QED) is 0.792. The van der Waals surface area contributed by atoms with Crippen molar-refractivity contribution in [2.75, 3.05) is 5.88 Å². The van der Waals surface area contributed by atoms with Crippen LogP contribution in [0.3, 0.4) is 0 Å². The lowest BCUT2D eigenvalue weighted by Gasteiger charge is -2.14. The minimum absolute atomic E-state index is 0.0514. The predicted octanol–water partition coefficient (Wildman–Crippen LogP) is 2.28. The molecule has 0 aliphatic heterocycles. The van der Waals surface area contributed by atoms with E-state index in [9.17, 15) is 4.79 Å². The Labute approximate surface area is 92.5 Å². The fraction of sp³-hybridized carbons (Fsp3) is 0.556. The maximum atomic E-state index is 11.6. The Morgan fingerprint density at radius 3 is 3.07 bits per heavy atom. The summed E-state index contributed by atoms with van der Waals surface area (Å²) in [6.07, 6.45) is 3.28. The molecule has 1 amide bonds. The van der Waals surface area contributed by atoms with Crippen molar-refractivity contribution in [3.8, 4) is 0 Å². The first-order valence-corrected chi connectivity index (χ1v) is 5.94. The van der Waals surface area contributed by atoms with E-state index in [-0.39, 0.29) is 11.9 Å². The summed E-state index contributed by atoms with van der Waals surface area (Å²) in [5, 5.41) is 2.92. The van der Waals surface area contributed by atoms with E-state index in [4.69, 9.17) is 11.6 Å². The maximum absolute atomic E-state index is 11.6. The van der Waals surface area contributed by atoms with Crippen molar-refractivity contribution < 1.29 is 4.79 Å². The van der Waals surface area contributed by atoms with Gasteiger partial charge in [0.05, 0.1) is 11.7 Å². The lowest BCUT2D eigenvalue weighted by molar-refractivity contribution is 0.0939. The number of amides is 1. The summed E-state index contributed by atoms with van der Waals surface area (Å²) in [6.45, 7) is 2.03. The number of nitrogens with zero attached hydrogens (tertiary/aromatic N) is 1. The number of hydrogen-bond donors (Lipinski definition) is 1. The molecule has 1 atom stereocenters. The standard InChI is InChI=1S/C9H13ClN2OS/c1-2-7(3-4-10)12-9(13)8-5-11-6-14-8/h5-7H,2-4H2,1H3,(H,12,13). The van der Waals surface area contributed by atoms with Crippen molar-refractivity contribution in [2.45, 2.75) is 25.8 Å². The SMILES string of the molecule is CCC(CCCl)NC(=O)c1cncs1. The van der Waals surface area contributed by atoms with Crippen LogP contribution in [-0.4, -0.2) is 22.8 Å². The molecule has 0 spiro atoms. The molecule has 0 bridgehead atoms. The molecule has 0 saturated heterocycles. The van der Waals surface area contributed by atoms with E-state index < -0.39 is 0 Å². The van der Waals surface area contributed by atoms with Crippen LogP contribution in [0.1, 0.15) is 29.4 Å². The first kappa shape index (κ1) is 11.5. The fourth-order valence-corrected chi connectivity index (χ4v) is 1.88. The summed E-state index contributed by atoms with van der Waals surface area (Å²) in [5.41, 5.74) is 1.65. The van der Waals surface area contributed by atoms with Crippen LogP contribution < -0.4 is 5.32 Å². The number of thiazole rings is 1. The molecule has 3 nitrogen and oxygen atoms in total. The molecule has 0 radical (unpaired) electrons. The van der Waals surface area contributed by atoms with E-state index >= 15 is 0 Å². The van der Waals surface area contributed by atoms with Crippen LogP contribution >= 0.6 is 22.9 Å². The Morgan fingerprint density at radius 1 is 1.79 bits per heavy atom. The highest BCUT2D eigenvalue weighted by Gasteiger charge is 2.12. The van der Waals surface area contributed by atoms with Crippen LogP contribution in [0.15, 0.2) is 11.7 Å². The van der Waals surface area contributed by atoms with E-state index in [0.717, 1.165) is 12.8 Å². The third-order valence-electron chi connectivity index (χ3n) is 1.94. The average molecular weight is 233 g/mol. The van der Waals surface area contributed by atoms with Gasteiger partial charge in [0.15, 0.2) is 0 Å². The molecule has 0 aliphatic carbocycles. The topological polar surface area (TPSA) is 42.0 Å². The second kappa shape index (κ2) is 5.98. The highest BCUT2D eigenvalue weighted by Crippen LogP contribution is 2.07. The first-order chi connectivity index (χ1) is 6.77. The van der Waals surface area contributed by atoms with Gasteiger partial charge in [0.1, 0.15) is 4.88 Å². The second-order valence-electron chi connectivity index (χ2n) is 2.92. The summed E-state index contributed by atoms with van der Waals surface area (Å²) in [5.74, 6) is 0.519. The molecule has 0 fully saturated rings. The Kier molecular flexibility index (Phi) is 4.90. The molecule has 5 heteroatoms. The number of aromatic nitrogens is 1. The lowest BCUT2D eigenvalue weighted by Crippen LogP contribution is -2.34. The summed E-state index contributed by atoms with van der Waals surface area (Å²) in [6, 6.07) is 0.169. The molecule has 0 aromatic carbocycles. The van der Waals surface area contributed by atoms with Crippen molar-refractivity contribution in [3.05, 3.63) is 16.6 Å². The van der Waals surface area contributed by atoms with Crippen LogP contribution in [0.2, 0.25) is 0 Å². The number of carbonyl (C=O) groups excluding carboxylic acids is 1. The Morgan fingerprint density at radius 2 is 2.57 bits per heavy atom. The van der Waals surface area contributed by atoms with Gasteiger partial charge in [-0.25, -0.2) is 0 Å². The van der Waals surface area contributed by atoms with Gasteiger partial charge in [-0.3, -0.25) is 9.78 Å². The molecule has 78 valence electrons. The third kappa shape index (κ3) is 3.27. The monoisotopic (exact) mass is 232 g/mol. The van der Waals surface area contributed by atoms with Crippen LogP contribution in [0.5, 0.6) is 0 Å². The minimum Gasteiger partial charge on any atom is -0.349 e. The zero-order chi connectivity index (χ0) is 10.4. The Balaban J connectivity index is 2.47. The minimum atomic E-state index is -0.0514. The summed E-state index contributed by atoms with van der Waals surface area (Å²) < 4.78 is 0. The summed E-state index contributed by atoms with van der Waals surface area (Å²) in [7, 11) is 0. The maximum Gasteiger partial charge on any atom is 0.263 e. The molecule has 1 unspecified atom stereocenters. The largest absolute Gasteiger partial charge is 0.349 e. The number of rotatable bonds is 5. The number of hydrogen-bond acceptors (Lipinski definition) is 3. The van der Waals surface area contributed by atoms with Gasteiger partial charge in [-0.2, -0.15) is 0 Å². The zero-order valence-electron chi connectivity index (χ0n) is 8.00. The third-order valence-corrected chi connectivity index (χ3v) is 2.93. The normalized spacial score (nSPS) is 12.4. The fourth-order valence-electron chi connectivity index (χ4n) is 1.09. The molecule has 1 N–H and O–H groups in total. The molecular weight excluding hydrogens is 220 g/mol. The van der Waals surface area contributed by atoms with Gasteiger partial charge in [-0.1, -0.05) is 6.92 Å². The number of alkyl halides is 1. The van der Waals surface area contributed by atoms with Crippen LogP contribution in [0.4, 0.5) is 0 Å². The Hall–Kier alpha value is -0.610. The van der Waals surface area contributed by atoms with Gasteiger partial charge in [0, 0.05) is 11.9 Å². The van der Waals surface area contributed by atoms with E-state index in [2.05, 4.69) is 10.3 Å². The van der Waals surface area contributed by atoms with Gasteiger partial charge in [0.25, 0.3) is 5.91 Å². The molecule has 0 aliphatic rings. The highest BCUT2D eigenvalue weighted by molar-refractivity contribution is 7.11. The Bertz CT molecular complexity index is 276. The van der Waals surface area contributed by atoms with Crippen molar-refractivity contribution in [3.63, 3.8) is 0 Å². The van der Waals surface area contributed by atoms with Crippen LogP contribution in [0, 0.1) is 0 Å². The molecule has 14 heavy (non-hydrogen) atoms. The lowest BCUT2D eigenvalue weighted by atomic mass is 10.2. The van der Waals surface area contributed by atoms with Crippen molar-refractivity contribution >= 4 is 28.8 Å². The highest BCUT2D eigenvalue weighted by atomic mass is 35.5. The van der Waals surface area contributed by atoms with Crippen molar-refractivity contribution in [2.24, 2.45) is 0 Å². The molecular formula is C9H13ClN2OS. The molecule has 1 aromatic rings. The van der Waals surface area contributed by atoms with E-state index in [1.807, 2.05) is 6.92 Å². The van der Waals surface area contributed by atoms with Crippen molar-refractivity contribution in [1.82, 2.24) is 10.3 Å². The van der Waals surface area contributed by atoms with Gasteiger partial charge in [0.2, 0.25) is 0 Å². The number of nitrogens with one attached hydrogen (secondary N) is 1. The number of halogens is 1. The van der Waals surface area contributed by atoms with E-state index in [0.29, 0.717) is 10.8 Å². The van der Waals surface area contributed by atoms with Crippen LogP contribution in [0.25, 0.3) is 0 Å². The second-order valence-corrected chi connectivity index (χ2v) is 4.19. The van der Waals surface area contributed by atoms with Gasteiger partial charge in [-0.15, -0.1) is 22.9 Å². The summed E-state index contributed by atoms with van der Waals surface area (Å²) >= 11 is 6.97. The predicted molar refractivity (Wildman–Crippen MR) is 59.0 cm³/mol. The first-order valence-electron chi connectivity index (χ1n) is 4.53. The molecule has 1 heterocycles. The zero-order valence-corrected chi connectivity index (χ0v) is 9.57.